The van der Waals surface area contributed by atoms with Gasteiger partial charge in [0.1, 0.15) is 12.6 Å². The molecule has 3 aliphatic rings. The Morgan fingerprint density at radius 3 is 2.48 bits per heavy atom. The molecule has 2 aliphatic heterocycles. The van der Waals surface area contributed by atoms with Gasteiger partial charge in [0, 0.05) is 69.4 Å². The van der Waals surface area contributed by atoms with Crippen molar-refractivity contribution in [2.75, 3.05) is 40.5 Å². The quantitative estimate of drug-likeness (QED) is 0.0228. The molecule has 1 atom stereocenters. The van der Waals surface area contributed by atoms with Gasteiger partial charge >= 0.3 is 5.97 Å². The van der Waals surface area contributed by atoms with Crippen molar-refractivity contribution in [1.82, 2.24) is 25.3 Å². The molecule has 3 aromatic carbocycles. The number of amides is 1. The van der Waals surface area contributed by atoms with Crippen LogP contribution in [0.3, 0.4) is 0 Å². The standard InChI is InChI=1S/C57H67N9O7S2/c1-7-8-11-29-65-45-18-10-9-17-42(45)56(3,4)47(65)27-22-37-15-14-16-38(23-28-48-57(5,6)43-32-36(2)19-26-46(43)66(48)30-12-13-31-75(71,72)73)50(37)74-35-44(54(69)70)62-52(67)39-20-24-40(25-21-39)59-33-41-34-60-51-49(61-41)53(68)64-55(58)63-51/h9-10,17-28,32,34,44H,7-8,11-16,29-31,33,35H2,1-6H3,(H6-,58,59,60,62,63,64,67,68,69,70,71,72,73)/p+1/t44-/m0/s1. The van der Waals surface area contributed by atoms with Crippen LogP contribution in [0.4, 0.5) is 23.0 Å². The average Bonchev–Trinajstić information content (AvgIpc) is 3.71. The van der Waals surface area contributed by atoms with Gasteiger partial charge in [-0.25, -0.2) is 14.8 Å². The number of benzene rings is 3. The molecule has 7 N–H and O–H groups in total. The Kier molecular flexibility index (Phi) is 16.6. The minimum atomic E-state index is -4.09. The molecule has 0 saturated carbocycles. The third-order valence-corrected chi connectivity index (χ3v) is 16.4. The van der Waals surface area contributed by atoms with Crippen molar-refractivity contribution >= 4 is 73.6 Å². The third kappa shape index (κ3) is 12.5. The molecule has 0 spiro atoms. The van der Waals surface area contributed by atoms with Crippen molar-refractivity contribution in [3.05, 3.63) is 157 Å². The first-order chi connectivity index (χ1) is 35.7. The van der Waals surface area contributed by atoms with E-state index in [9.17, 15) is 32.5 Å². The zero-order valence-electron chi connectivity index (χ0n) is 43.6. The highest BCUT2D eigenvalue weighted by molar-refractivity contribution is 8.03. The number of anilines is 3. The molecule has 0 bridgehead atoms. The monoisotopic (exact) mass is 1050 g/mol. The van der Waals surface area contributed by atoms with E-state index < -0.39 is 39.0 Å². The minimum Gasteiger partial charge on any atom is -0.480 e. The summed E-state index contributed by atoms with van der Waals surface area (Å²) in [5, 5.41) is 16.6. The summed E-state index contributed by atoms with van der Waals surface area (Å²) in [6.07, 6.45) is 16.9. The van der Waals surface area contributed by atoms with E-state index in [0.29, 0.717) is 30.8 Å². The number of para-hydroxylation sites is 1. The first-order valence-corrected chi connectivity index (χ1v) is 28.3. The second kappa shape index (κ2) is 22.9. The molecule has 5 aromatic rings. The van der Waals surface area contributed by atoms with Crippen LogP contribution in [-0.2, 0) is 32.3 Å². The Morgan fingerprint density at radius 2 is 1.73 bits per heavy atom. The first kappa shape index (κ1) is 54.4. The average molecular weight is 1060 g/mol. The number of fused-ring (bicyclic) bond motifs is 3. The summed E-state index contributed by atoms with van der Waals surface area (Å²) in [4.78, 5) is 57.4. The third-order valence-electron chi connectivity index (χ3n) is 14.3. The fraction of sp³-hybridized carbons (Fsp3) is 0.386. The van der Waals surface area contributed by atoms with E-state index in [0.717, 1.165) is 78.1 Å². The Bertz CT molecular complexity index is 3340. The van der Waals surface area contributed by atoms with Gasteiger partial charge in [-0.2, -0.15) is 18.0 Å². The summed E-state index contributed by atoms with van der Waals surface area (Å²) in [6, 6.07) is 20.5. The summed E-state index contributed by atoms with van der Waals surface area (Å²) in [5.41, 5.74) is 16.4. The van der Waals surface area contributed by atoms with E-state index >= 15 is 0 Å². The maximum Gasteiger partial charge on any atom is 0.327 e. The molecule has 18 heteroatoms. The van der Waals surface area contributed by atoms with Crippen LogP contribution >= 0.6 is 11.8 Å². The number of carbonyl (C=O) groups is 2. The number of aliphatic carboxylic acids is 1. The van der Waals surface area contributed by atoms with Crippen molar-refractivity contribution in [2.24, 2.45) is 0 Å². The molecule has 2 aromatic heterocycles. The highest BCUT2D eigenvalue weighted by Crippen LogP contribution is 2.49. The summed E-state index contributed by atoms with van der Waals surface area (Å²) in [6.45, 7) is 14.9. The predicted molar refractivity (Wildman–Crippen MR) is 300 cm³/mol. The highest BCUT2D eigenvalue weighted by Gasteiger charge is 2.44. The Labute approximate surface area is 443 Å². The van der Waals surface area contributed by atoms with E-state index in [1.54, 1.807) is 24.3 Å². The molecule has 0 saturated heterocycles. The van der Waals surface area contributed by atoms with E-state index in [1.807, 2.05) is 0 Å². The number of nitrogens with one attached hydrogen (secondary N) is 3. The Hall–Kier alpha value is -6.89. The minimum absolute atomic E-state index is 0.0501. The normalized spacial score (nSPS) is 17.6. The number of rotatable bonds is 21. The molecule has 1 amide bonds. The van der Waals surface area contributed by atoms with Crippen LogP contribution < -0.4 is 26.8 Å². The smallest absolute Gasteiger partial charge is 0.327 e. The van der Waals surface area contributed by atoms with Gasteiger partial charge in [0.2, 0.25) is 11.6 Å². The molecule has 75 heavy (non-hydrogen) atoms. The number of nitrogens with zero attached hydrogens (tertiary/aromatic N) is 5. The number of aromatic nitrogens is 4. The van der Waals surface area contributed by atoms with Gasteiger partial charge in [0.15, 0.2) is 16.9 Å². The molecular formula is C57H68N9O7S2+. The second-order valence-electron chi connectivity index (χ2n) is 20.6. The van der Waals surface area contributed by atoms with Crippen LogP contribution in [0.2, 0.25) is 0 Å². The van der Waals surface area contributed by atoms with Gasteiger partial charge in [-0.05, 0) is 112 Å². The van der Waals surface area contributed by atoms with E-state index in [4.69, 9.17) is 5.73 Å². The molecule has 0 unspecified atom stereocenters. The maximum atomic E-state index is 13.8. The number of carboxylic acids is 1. The zero-order chi connectivity index (χ0) is 53.7. The zero-order valence-corrected chi connectivity index (χ0v) is 45.2. The fourth-order valence-electron chi connectivity index (χ4n) is 10.3. The highest BCUT2D eigenvalue weighted by atomic mass is 32.2. The number of hydrogen-bond donors (Lipinski definition) is 6. The molecule has 4 heterocycles. The number of nitrogens with two attached hydrogens (primary N) is 1. The molecule has 394 valence electrons. The SMILES string of the molecule is CCCCC[N+]1=C(C=CC2=C(SC[C@H](NC(=O)c3ccc(NCc4cnc5nc(N)[nH]c(=O)c5n4)cc3)C(=O)O)C(=CC=C3N(CCCCS(=O)(=O)O)c4ccc(C)cc4C3(C)C)CCC2)C(C)(C)c2ccccc21. The lowest BCUT2D eigenvalue weighted by atomic mass is 9.81. The molecule has 8 rings (SSSR count). The number of allylic oxidation sites excluding steroid dienone is 7. The Morgan fingerprint density at radius 1 is 0.960 bits per heavy atom. The van der Waals surface area contributed by atoms with Crippen LogP contribution in [0.5, 0.6) is 0 Å². The number of H-pyrrole nitrogens is 1. The lowest BCUT2D eigenvalue weighted by Crippen LogP contribution is -2.42. The van der Waals surface area contributed by atoms with Crippen molar-refractivity contribution in [2.45, 2.75) is 116 Å². The largest absolute Gasteiger partial charge is 0.480 e. The lowest BCUT2D eigenvalue weighted by Gasteiger charge is -2.28. The number of thioether (sulfide) groups is 1. The number of nitrogen functional groups attached to an aromatic ring is 1. The number of aromatic amines is 1. The summed E-state index contributed by atoms with van der Waals surface area (Å²) >= 11 is 1.44. The van der Waals surface area contributed by atoms with E-state index in [1.165, 1.54) is 40.5 Å². The van der Waals surface area contributed by atoms with Crippen LogP contribution in [0.25, 0.3) is 11.2 Å². The summed E-state index contributed by atoms with van der Waals surface area (Å²) in [7, 11) is -4.09. The number of unbranched alkanes of at least 4 members (excludes halogenated alkanes) is 3. The fourth-order valence-corrected chi connectivity index (χ4v) is 12.2. The number of carbonyl (C=O) groups excluding carboxylic acids is 1. The van der Waals surface area contributed by atoms with Gasteiger partial charge in [-0.1, -0.05) is 75.2 Å². The number of carboxylic acid groups (broad SMARTS) is 1. The van der Waals surface area contributed by atoms with Gasteiger partial charge in [-0.3, -0.25) is 19.1 Å². The predicted octanol–water partition coefficient (Wildman–Crippen LogP) is 9.67. The van der Waals surface area contributed by atoms with Gasteiger partial charge in [0.25, 0.3) is 21.6 Å². The topological polar surface area (TPSA) is 237 Å². The van der Waals surface area contributed by atoms with Crippen molar-refractivity contribution in [3.63, 3.8) is 0 Å². The number of aryl methyl sites for hydroxylation is 1. The molecule has 16 nitrogen and oxygen atoms in total. The first-order valence-electron chi connectivity index (χ1n) is 25.7. The van der Waals surface area contributed by atoms with Crippen molar-refractivity contribution in [1.29, 1.82) is 0 Å². The summed E-state index contributed by atoms with van der Waals surface area (Å²) in [5.74, 6) is -1.98. The van der Waals surface area contributed by atoms with Crippen LogP contribution in [0.1, 0.15) is 119 Å². The molecule has 1 aliphatic carbocycles. The Balaban J connectivity index is 1.08. The molecule has 0 fully saturated rings. The number of hydrogen-bond acceptors (Lipinski definition) is 12. The van der Waals surface area contributed by atoms with Crippen molar-refractivity contribution in [3.8, 4) is 0 Å². The second-order valence-corrected chi connectivity index (χ2v) is 23.2. The van der Waals surface area contributed by atoms with Crippen LogP contribution in [-0.4, -0.2) is 90.8 Å². The van der Waals surface area contributed by atoms with Gasteiger partial charge in [-0.15, -0.1) is 11.8 Å². The summed E-state index contributed by atoms with van der Waals surface area (Å²) < 4.78 is 35.2. The van der Waals surface area contributed by atoms with E-state index in [-0.39, 0.29) is 46.1 Å². The lowest BCUT2D eigenvalue weighted by molar-refractivity contribution is -0.438. The van der Waals surface area contributed by atoms with Crippen LogP contribution in [0.15, 0.2) is 124 Å². The maximum absolute atomic E-state index is 13.8. The van der Waals surface area contributed by atoms with Crippen molar-refractivity contribution < 1.29 is 32.2 Å². The van der Waals surface area contributed by atoms with Crippen LogP contribution in [0, 0.1) is 6.92 Å². The molecule has 0 radical (unpaired) electrons. The van der Waals surface area contributed by atoms with Gasteiger partial charge in [0.05, 0.1) is 29.6 Å². The van der Waals surface area contributed by atoms with Gasteiger partial charge < -0.3 is 26.4 Å². The molecular weight excluding hydrogens is 987 g/mol. The van der Waals surface area contributed by atoms with E-state index in [2.05, 4.69) is 148 Å².